The second-order valence-electron chi connectivity index (χ2n) is 3.58. The molecule has 0 aliphatic rings. The third kappa shape index (κ3) is 2.47. The van der Waals surface area contributed by atoms with E-state index in [9.17, 15) is 0 Å². The third-order valence-electron chi connectivity index (χ3n) is 2.31. The highest BCUT2D eigenvalue weighted by Gasteiger charge is 2.06. The minimum atomic E-state index is 0.394. The summed E-state index contributed by atoms with van der Waals surface area (Å²) < 4.78 is 5.59. The molecule has 0 aliphatic carbocycles. The number of hydrogen-bond acceptors (Lipinski definition) is 5. The van der Waals surface area contributed by atoms with Crippen molar-refractivity contribution in [2.24, 2.45) is 0 Å². The maximum atomic E-state index is 5.67. The van der Waals surface area contributed by atoms with E-state index in [1.54, 1.807) is 6.07 Å². The van der Waals surface area contributed by atoms with Crippen LogP contribution in [0, 0.1) is 0 Å². The Labute approximate surface area is 112 Å². The number of oxazole rings is 1. The average molecular weight is 278 g/mol. The zero-order chi connectivity index (χ0) is 12.4. The van der Waals surface area contributed by atoms with Gasteiger partial charge in [-0.15, -0.1) is 5.10 Å². The molecular formula is C12H8ClN3OS. The largest absolute Gasteiger partial charge is 0.431 e. The van der Waals surface area contributed by atoms with Gasteiger partial charge in [-0.1, -0.05) is 35.5 Å². The maximum Gasteiger partial charge on any atom is 0.257 e. The molecule has 6 heteroatoms. The van der Waals surface area contributed by atoms with Crippen LogP contribution in [0.25, 0.3) is 11.1 Å². The quantitative estimate of drug-likeness (QED) is 0.685. The summed E-state index contributed by atoms with van der Waals surface area (Å²) in [5.41, 5.74) is 2.50. The van der Waals surface area contributed by atoms with Crippen molar-refractivity contribution >= 4 is 34.5 Å². The van der Waals surface area contributed by atoms with Crippen molar-refractivity contribution in [3.8, 4) is 0 Å². The van der Waals surface area contributed by atoms with E-state index in [0.29, 0.717) is 16.1 Å². The van der Waals surface area contributed by atoms with Crippen LogP contribution in [-0.4, -0.2) is 15.2 Å². The van der Waals surface area contributed by atoms with Crippen molar-refractivity contribution in [3.63, 3.8) is 0 Å². The first-order valence-electron chi connectivity index (χ1n) is 5.28. The third-order valence-corrected chi connectivity index (χ3v) is 3.37. The van der Waals surface area contributed by atoms with Gasteiger partial charge in [-0.2, -0.15) is 5.10 Å². The highest BCUT2D eigenvalue weighted by Crippen LogP contribution is 2.25. The predicted molar refractivity (Wildman–Crippen MR) is 70.6 cm³/mol. The van der Waals surface area contributed by atoms with Gasteiger partial charge in [0.2, 0.25) is 0 Å². The first kappa shape index (κ1) is 11.5. The molecule has 0 amide bonds. The van der Waals surface area contributed by atoms with Crippen LogP contribution in [0.2, 0.25) is 5.15 Å². The van der Waals surface area contributed by atoms with Gasteiger partial charge in [0.1, 0.15) is 5.52 Å². The predicted octanol–water partition coefficient (Wildman–Crippen LogP) is 3.56. The van der Waals surface area contributed by atoms with E-state index in [1.807, 2.05) is 30.3 Å². The number of para-hydroxylation sites is 2. The Morgan fingerprint density at radius 3 is 2.78 bits per heavy atom. The van der Waals surface area contributed by atoms with E-state index >= 15 is 0 Å². The normalized spacial score (nSPS) is 10.9. The van der Waals surface area contributed by atoms with Crippen LogP contribution in [0.15, 0.2) is 46.0 Å². The van der Waals surface area contributed by atoms with Gasteiger partial charge in [-0.3, -0.25) is 0 Å². The van der Waals surface area contributed by atoms with Crippen LogP contribution in [0.5, 0.6) is 0 Å². The summed E-state index contributed by atoms with van der Waals surface area (Å²) in [6, 6.07) is 11.2. The van der Waals surface area contributed by atoms with Crippen molar-refractivity contribution < 1.29 is 4.42 Å². The van der Waals surface area contributed by atoms with Gasteiger partial charge in [0.05, 0.1) is 5.69 Å². The Morgan fingerprint density at radius 1 is 1.11 bits per heavy atom. The fraction of sp³-hybridized carbons (Fsp3) is 0.0833. The molecule has 18 heavy (non-hydrogen) atoms. The molecule has 0 aliphatic heterocycles. The number of nitrogens with zero attached hydrogens (tertiary/aromatic N) is 3. The fourth-order valence-electron chi connectivity index (χ4n) is 1.47. The number of benzene rings is 1. The first-order valence-corrected chi connectivity index (χ1v) is 6.64. The minimum absolute atomic E-state index is 0.394. The molecule has 3 rings (SSSR count). The molecule has 0 atom stereocenters. The molecule has 0 spiro atoms. The summed E-state index contributed by atoms with van der Waals surface area (Å²) in [6.07, 6.45) is 0. The number of aromatic nitrogens is 3. The summed E-state index contributed by atoms with van der Waals surface area (Å²) in [5, 5.41) is 8.79. The van der Waals surface area contributed by atoms with E-state index in [2.05, 4.69) is 15.2 Å². The van der Waals surface area contributed by atoms with Crippen molar-refractivity contribution in [2.45, 2.75) is 11.0 Å². The lowest BCUT2D eigenvalue weighted by Gasteiger charge is -1.95. The van der Waals surface area contributed by atoms with Gasteiger partial charge in [0, 0.05) is 5.75 Å². The Bertz CT molecular complexity index is 635. The lowest BCUT2D eigenvalue weighted by molar-refractivity contribution is 0.489. The highest BCUT2D eigenvalue weighted by atomic mass is 35.5. The van der Waals surface area contributed by atoms with Crippen molar-refractivity contribution in [1.29, 1.82) is 0 Å². The van der Waals surface area contributed by atoms with Crippen molar-refractivity contribution in [2.75, 3.05) is 0 Å². The van der Waals surface area contributed by atoms with Gasteiger partial charge in [-0.25, -0.2) is 4.98 Å². The SMILES string of the molecule is Clc1ccc(CSc2nc3ccccc3o2)nn1. The molecule has 0 fully saturated rings. The zero-order valence-electron chi connectivity index (χ0n) is 9.21. The number of fused-ring (bicyclic) bond motifs is 1. The second kappa shape index (κ2) is 4.96. The molecule has 4 nitrogen and oxygen atoms in total. The summed E-state index contributed by atoms with van der Waals surface area (Å²) in [4.78, 5) is 4.37. The minimum Gasteiger partial charge on any atom is -0.431 e. The number of hydrogen-bond donors (Lipinski definition) is 0. The Hall–Kier alpha value is -1.59. The molecule has 0 radical (unpaired) electrons. The first-order chi connectivity index (χ1) is 8.81. The van der Waals surface area contributed by atoms with Crippen LogP contribution in [0.1, 0.15) is 5.69 Å². The van der Waals surface area contributed by atoms with Crippen molar-refractivity contribution in [1.82, 2.24) is 15.2 Å². The molecule has 0 saturated carbocycles. The molecule has 2 heterocycles. The van der Waals surface area contributed by atoms with Crippen LogP contribution in [-0.2, 0) is 5.75 Å². The Morgan fingerprint density at radius 2 is 2.00 bits per heavy atom. The summed E-state index contributed by atoms with van der Waals surface area (Å²) in [5.74, 6) is 0.650. The molecule has 3 aromatic rings. The number of rotatable bonds is 3. The van der Waals surface area contributed by atoms with E-state index in [0.717, 1.165) is 16.8 Å². The Kier molecular flexibility index (Phi) is 3.17. The number of halogens is 1. The molecule has 2 aromatic heterocycles. The second-order valence-corrected chi connectivity index (χ2v) is 4.90. The summed E-state index contributed by atoms with van der Waals surface area (Å²) in [6.45, 7) is 0. The van der Waals surface area contributed by atoms with Crippen LogP contribution in [0.4, 0.5) is 0 Å². The van der Waals surface area contributed by atoms with Crippen LogP contribution >= 0.6 is 23.4 Å². The molecule has 0 bridgehead atoms. The van der Waals surface area contributed by atoms with Gasteiger partial charge >= 0.3 is 0 Å². The van der Waals surface area contributed by atoms with E-state index in [1.165, 1.54) is 11.8 Å². The monoisotopic (exact) mass is 277 g/mol. The van der Waals surface area contributed by atoms with Gasteiger partial charge in [-0.05, 0) is 24.3 Å². The van der Waals surface area contributed by atoms with E-state index in [4.69, 9.17) is 16.0 Å². The lowest BCUT2D eigenvalue weighted by atomic mass is 10.3. The molecule has 1 aromatic carbocycles. The zero-order valence-corrected chi connectivity index (χ0v) is 10.8. The summed E-state index contributed by atoms with van der Waals surface area (Å²) in [7, 11) is 0. The maximum absolute atomic E-state index is 5.67. The van der Waals surface area contributed by atoms with Crippen molar-refractivity contribution in [3.05, 3.63) is 47.2 Å². The topological polar surface area (TPSA) is 51.8 Å². The van der Waals surface area contributed by atoms with E-state index < -0.39 is 0 Å². The molecule has 0 saturated heterocycles. The average Bonchev–Trinajstić information content (AvgIpc) is 2.81. The van der Waals surface area contributed by atoms with Gasteiger partial charge < -0.3 is 4.42 Å². The molecular weight excluding hydrogens is 270 g/mol. The van der Waals surface area contributed by atoms with Crippen LogP contribution in [0.3, 0.4) is 0 Å². The Balaban J connectivity index is 1.74. The summed E-state index contributed by atoms with van der Waals surface area (Å²) >= 11 is 7.15. The van der Waals surface area contributed by atoms with Gasteiger partial charge in [0.15, 0.2) is 10.7 Å². The van der Waals surface area contributed by atoms with Crippen LogP contribution < -0.4 is 0 Å². The molecule has 0 N–H and O–H groups in total. The lowest BCUT2D eigenvalue weighted by Crippen LogP contribution is -1.89. The molecule has 0 unspecified atom stereocenters. The fourth-order valence-corrected chi connectivity index (χ4v) is 2.31. The standard InChI is InChI=1S/C12H8ClN3OS/c13-11-6-5-8(15-16-11)7-18-12-14-9-3-1-2-4-10(9)17-12/h1-6H,7H2. The number of thioether (sulfide) groups is 1. The van der Waals surface area contributed by atoms with Gasteiger partial charge in [0.25, 0.3) is 5.22 Å². The highest BCUT2D eigenvalue weighted by molar-refractivity contribution is 7.98. The van der Waals surface area contributed by atoms with E-state index in [-0.39, 0.29) is 0 Å². The smallest absolute Gasteiger partial charge is 0.257 e. The molecule has 90 valence electrons.